The van der Waals surface area contributed by atoms with Gasteiger partial charge in [0.1, 0.15) is 0 Å². The Bertz CT molecular complexity index is 528. The molecule has 120 valence electrons. The lowest BCUT2D eigenvalue weighted by Gasteiger charge is -2.34. The molecule has 1 aliphatic heterocycles. The van der Waals surface area contributed by atoms with Crippen molar-refractivity contribution in [1.29, 1.82) is 0 Å². The molecule has 0 aliphatic carbocycles. The highest BCUT2D eigenvalue weighted by molar-refractivity contribution is 6.31. The molecule has 0 aromatic heterocycles. The van der Waals surface area contributed by atoms with E-state index in [1.54, 1.807) is 16.7 Å². The maximum Gasteiger partial charge on any atom is 0.409 e. The van der Waals surface area contributed by atoms with E-state index in [4.69, 9.17) is 16.3 Å². The first-order chi connectivity index (χ1) is 10.6. The molecule has 1 aromatic carbocycles. The number of rotatable bonds is 4. The first-order valence-corrected chi connectivity index (χ1v) is 7.92. The van der Waals surface area contributed by atoms with Crippen molar-refractivity contribution >= 4 is 23.6 Å². The van der Waals surface area contributed by atoms with Crippen molar-refractivity contribution in [2.75, 3.05) is 32.8 Å². The molecule has 5 nitrogen and oxygen atoms in total. The minimum Gasteiger partial charge on any atom is -0.450 e. The van der Waals surface area contributed by atoms with E-state index in [0.717, 1.165) is 5.56 Å². The molecular formula is C16H21ClN2O3. The van der Waals surface area contributed by atoms with Crippen LogP contribution in [-0.2, 0) is 16.0 Å². The first kappa shape index (κ1) is 16.6. The number of ether oxygens (including phenoxy) is 1. The van der Waals surface area contributed by atoms with Crippen LogP contribution in [0.15, 0.2) is 24.3 Å². The van der Waals surface area contributed by atoms with Crippen molar-refractivity contribution in [1.82, 2.24) is 9.80 Å². The highest BCUT2D eigenvalue weighted by atomic mass is 35.5. The van der Waals surface area contributed by atoms with Crippen LogP contribution in [0.4, 0.5) is 4.79 Å². The summed E-state index contributed by atoms with van der Waals surface area (Å²) in [5, 5.41) is 0.697. The van der Waals surface area contributed by atoms with Crippen molar-refractivity contribution in [3.63, 3.8) is 0 Å². The van der Waals surface area contributed by atoms with Crippen LogP contribution in [0.5, 0.6) is 0 Å². The van der Waals surface area contributed by atoms with Crippen molar-refractivity contribution < 1.29 is 14.3 Å². The maximum absolute atomic E-state index is 12.2. The van der Waals surface area contributed by atoms with Gasteiger partial charge in [0.15, 0.2) is 0 Å². The molecule has 1 aromatic rings. The number of carbonyl (C=O) groups is 2. The Morgan fingerprint density at radius 1 is 1.14 bits per heavy atom. The van der Waals surface area contributed by atoms with Crippen molar-refractivity contribution in [3.05, 3.63) is 34.9 Å². The summed E-state index contributed by atoms with van der Waals surface area (Å²) in [6.07, 6.45) is 0.769. The van der Waals surface area contributed by atoms with Gasteiger partial charge in [-0.05, 0) is 25.0 Å². The fourth-order valence-corrected chi connectivity index (χ4v) is 2.68. The average molecular weight is 325 g/mol. The van der Waals surface area contributed by atoms with E-state index in [1.165, 1.54) is 0 Å². The molecule has 0 unspecified atom stereocenters. The zero-order chi connectivity index (χ0) is 15.9. The molecule has 1 fully saturated rings. The highest BCUT2D eigenvalue weighted by Gasteiger charge is 2.24. The van der Waals surface area contributed by atoms with Gasteiger partial charge in [0, 0.05) is 37.6 Å². The number of benzene rings is 1. The summed E-state index contributed by atoms with van der Waals surface area (Å²) < 4.78 is 4.96. The lowest BCUT2D eigenvalue weighted by Crippen LogP contribution is -2.50. The van der Waals surface area contributed by atoms with E-state index in [0.29, 0.717) is 50.7 Å². The second-order valence-electron chi connectivity index (χ2n) is 5.16. The molecule has 0 atom stereocenters. The molecule has 1 aliphatic rings. The van der Waals surface area contributed by atoms with Gasteiger partial charge in [-0.3, -0.25) is 4.79 Å². The minimum absolute atomic E-state index is 0.100. The number of hydrogen-bond acceptors (Lipinski definition) is 3. The van der Waals surface area contributed by atoms with E-state index >= 15 is 0 Å². The van der Waals surface area contributed by atoms with E-state index in [-0.39, 0.29) is 12.0 Å². The molecular weight excluding hydrogens is 304 g/mol. The maximum atomic E-state index is 12.2. The fraction of sp³-hybridized carbons (Fsp3) is 0.500. The Hall–Kier alpha value is -1.75. The van der Waals surface area contributed by atoms with Crippen molar-refractivity contribution in [2.24, 2.45) is 0 Å². The van der Waals surface area contributed by atoms with Gasteiger partial charge in [-0.2, -0.15) is 0 Å². The van der Waals surface area contributed by atoms with Gasteiger partial charge in [0.2, 0.25) is 5.91 Å². The van der Waals surface area contributed by atoms with Crippen LogP contribution in [0.3, 0.4) is 0 Å². The van der Waals surface area contributed by atoms with Gasteiger partial charge < -0.3 is 14.5 Å². The standard InChI is InChI=1S/C16H21ClN2O3/c1-2-22-16(21)19-11-9-18(10-12-19)15(20)8-7-13-5-3-4-6-14(13)17/h3-6H,2,7-12H2,1H3. The van der Waals surface area contributed by atoms with Gasteiger partial charge in [0.25, 0.3) is 0 Å². The minimum atomic E-state index is -0.300. The third kappa shape index (κ3) is 4.37. The van der Waals surface area contributed by atoms with Gasteiger partial charge in [0.05, 0.1) is 6.61 Å². The quantitative estimate of drug-likeness (QED) is 0.855. The summed E-state index contributed by atoms with van der Waals surface area (Å²) in [6, 6.07) is 7.57. The Morgan fingerprint density at radius 3 is 2.41 bits per heavy atom. The number of halogens is 1. The van der Waals surface area contributed by atoms with Gasteiger partial charge >= 0.3 is 6.09 Å². The number of aryl methyl sites for hydroxylation is 1. The van der Waals surface area contributed by atoms with Crippen LogP contribution in [0.2, 0.25) is 5.02 Å². The van der Waals surface area contributed by atoms with Crippen LogP contribution in [0.1, 0.15) is 18.9 Å². The molecule has 1 saturated heterocycles. The summed E-state index contributed by atoms with van der Waals surface area (Å²) in [5.74, 6) is 0.100. The Balaban J connectivity index is 1.78. The van der Waals surface area contributed by atoms with E-state index in [9.17, 15) is 9.59 Å². The number of hydrogen-bond donors (Lipinski definition) is 0. The summed E-state index contributed by atoms with van der Waals surface area (Å²) in [5.41, 5.74) is 0.989. The molecule has 0 bridgehead atoms. The molecule has 0 radical (unpaired) electrons. The van der Waals surface area contributed by atoms with Gasteiger partial charge in [-0.1, -0.05) is 29.8 Å². The van der Waals surface area contributed by atoms with E-state index in [2.05, 4.69) is 0 Å². The molecule has 6 heteroatoms. The molecule has 0 spiro atoms. The normalized spacial score (nSPS) is 14.8. The average Bonchev–Trinajstić information content (AvgIpc) is 2.54. The van der Waals surface area contributed by atoms with E-state index < -0.39 is 0 Å². The van der Waals surface area contributed by atoms with Gasteiger partial charge in [-0.15, -0.1) is 0 Å². The smallest absolute Gasteiger partial charge is 0.409 e. The number of piperazine rings is 1. The third-order valence-electron chi connectivity index (χ3n) is 3.72. The first-order valence-electron chi connectivity index (χ1n) is 7.54. The third-order valence-corrected chi connectivity index (χ3v) is 4.09. The molecule has 0 N–H and O–H groups in total. The van der Waals surface area contributed by atoms with Crippen LogP contribution in [0.25, 0.3) is 0 Å². The summed E-state index contributed by atoms with van der Waals surface area (Å²) in [4.78, 5) is 27.3. The second-order valence-corrected chi connectivity index (χ2v) is 5.57. The fourth-order valence-electron chi connectivity index (χ4n) is 2.45. The Kier molecular flexibility index (Phi) is 6.07. The van der Waals surface area contributed by atoms with Crippen LogP contribution < -0.4 is 0 Å². The summed E-state index contributed by atoms with van der Waals surface area (Å²) >= 11 is 6.09. The zero-order valence-electron chi connectivity index (χ0n) is 12.8. The molecule has 2 amide bonds. The van der Waals surface area contributed by atoms with E-state index in [1.807, 2.05) is 24.3 Å². The predicted octanol–water partition coefficient (Wildman–Crippen LogP) is 2.57. The molecule has 0 saturated carbocycles. The Morgan fingerprint density at radius 2 is 1.77 bits per heavy atom. The topological polar surface area (TPSA) is 49.9 Å². The Labute approximate surface area is 135 Å². The van der Waals surface area contributed by atoms with Crippen molar-refractivity contribution in [3.8, 4) is 0 Å². The summed E-state index contributed by atoms with van der Waals surface area (Å²) in [6.45, 7) is 4.32. The number of nitrogens with zero attached hydrogens (tertiary/aromatic N) is 2. The monoisotopic (exact) mass is 324 g/mol. The van der Waals surface area contributed by atoms with Crippen LogP contribution in [-0.4, -0.2) is 54.6 Å². The number of amides is 2. The SMILES string of the molecule is CCOC(=O)N1CCN(C(=O)CCc2ccccc2Cl)CC1. The lowest BCUT2D eigenvalue weighted by atomic mass is 10.1. The second kappa shape index (κ2) is 8.03. The molecule has 2 rings (SSSR count). The van der Waals surface area contributed by atoms with Crippen LogP contribution >= 0.6 is 11.6 Å². The zero-order valence-corrected chi connectivity index (χ0v) is 13.5. The molecule has 22 heavy (non-hydrogen) atoms. The molecule has 1 heterocycles. The largest absolute Gasteiger partial charge is 0.450 e. The van der Waals surface area contributed by atoms with Gasteiger partial charge in [-0.25, -0.2) is 4.79 Å². The van der Waals surface area contributed by atoms with Crippen molar-refractivity contribution in [2.45, 2.75) is 19.8 Å². The highest BCUT2D eigenvalue weighted by Crippen LogP contribution is 2.17. The van der Waals surface area contributed by atoms with Crippen LogP contribution in [0, 0.1) is 0 Å². The number of carbonyl (C=O) groups excluding carboxylic acids is 2. The summed E-state index contributed by atoms with van der Waals surface area (Å²) in [7, 11) is 0. The predicted molar refractivity (Wildman–Crippen MR) is 84.9 cm³/mol. The lowest BCUT2D eigenvalue weighted by molar-refractivity contribution is -0.132.